The summed E-state index contributed by atoms with van der Waals surface area (Å²) in [5, 5.41) is 2.74. The third-order valence-electron chi connectivity index (χ3n) is 4.94. The molecule has 0 unspecified atom stereocenters. The van der Waals surface area contributed by atoms with Crippen molar-refractivity contribution in [2.45, 2.75) is 13.3 Å². The Balaban J connectivity index is 1.52. The van der Waals surface area contributed by atoms with E-state index in [1.54, 1.807) is 36.4 Å². The van der Waals surface area contributed by atoms with E-state index in [-0.39, 0.29) is 29.6 Å². The zero-order chi connectivity index (χ0) is 21.4. The first-order chi connectivity index (χ1) is 14.3. The number of carbonyl (C=O) groups is 3. The smallest absolute Gasteiger partial charge is 0.261 e. The number of nitrogens with one attached hydrogen (secondary N) is 1. The molecule has 0 saturated carbocycles. The van der Waals surface area contributed by atoms with Gasteiger partial charge in [-0.2, -0.15) is 0 Å². The fourth-order valence-electron chi connectivity index (χ4n) is 3.53. The van der Waals surface area contributed by atoms with Crippen LogP contribution >= 0.6 is 0 Å². The van der Waals surface area contributed by atoms with Crippen LogP contribution in [0.5, 0.6) is 0 Å². The lowest BCUT2D eigenvalue weighted by atomic mass is 9.97. The maximum absolute atomic E-state index is 13.4. The van der Waals surface area contributed by atoms with Crippen LogP contribution in [0.3, 0.4) is 0 Å². The molecule has 7 heteroatoms. The number of carbonyl (C=O) groups excluding carboxylic acids is 3. The van der Waals surface area contributed by atoms with Crippen LogP contribution in [0.4, 0.5) is 10.1 Å². The lowest BCUT2D eigenvalue weighted by molar-refractivity contribution is -0.115. The molecule has 0 saturated heterocycles. The normalized spacial score (nSPS) is 12.8. The largest absolute Gasteiger partial charge is 0.324 e. The molecule has 3 aromatic rings. The first-order valence-electron chi connectivity index (χ1n) is 9.31. The van der Waals surface area contributed by atoms with E-state index in [1.807, 2.05) is 6.92 Å². The predicted molar refractivity (Wildman–Crippen MR) is 110 cm³/mol. The summed E-state index contributed by atoms with van der Waals surface area (Å²) < 4.78 is 13.4. The minimum atomic E-state index is -0.404. The van der Waals surface area contributed by atoms with Gasteiger partial charge >= 0.3 is 0 Å². The molecule has 0 fully saturated rings. The van der Waals surface area contributed by atoms with Gasteiger partial charge in [0.2, 0.25) is 5.91 Å². The van der Waals surface area contributed by atoms with Gasteiger partial charge in [0.15, 0.2) is 0 Å². The van der Waals surface area contributed by atoms with Crippen LogP contribution in [0.1, 0.15) is 31.8 Å². The number of benzene rings is 2. The second-order valence-electron chi connectivity index (χ2n) is 7.18. The molecule has 1 aliphatic heterocycles. The van der Waals surface area contributed by atoms with Gasteiger partial charge in [-0.3, -0.25) is 24.3 Å². The van der Waals surface area contributed by atoms with Gasteiger partial charge in [0, 0.05) is 12.6 Å². The van der Waals surface area contributed by atoms with Gasteiger partial charge in [-0.25, -0.2) is 4.39 Å². The average molecular weight is 403 g/mol. The number of rotatable bonds is 4. The number of aryl methyl sites for hydroxylation is 1. The highest BCUT2D eigenvalue weighted by molar-refractivity contribution is 6.22. The van der Waals surface area contributed by atoms with Gasteiger partial charge < -0.3 is 5.32 Å². The number of fused-ring (bicyclic) bond motifs is 1. The summed E-state index contributed by atoms with van der Waals surface area (Å²) in [6.45, 7) is 1.81. The van der Waals surface area contributed by atoms with Crippen molar-refractivity contribution in [1.29, 1.82) is 0 Å². The van der Waals surface area contributed by atoms with Crippen LogP contribution in [0.25, 0.3) is 11.3 Å². The molecular weight excluding hydrogens is 385 g/mol. The van der Waals surface area contributed by atoms with Gasteiger partial charge in [0.1, 0.15) is 5.82 Å². The average Bonchev–Trinajstić information content (AvgIpc) is 2.92. The molecule has 1 aromatic heterocycles. The number of pyridine rings is 1. The summed E-state index contributed by atoms with van der Waals surface area (Å²) in [4.78, 5) is 42.5. The molecule has 30 heavy (non-hydrogen) atoms. The zero-order valence-corrected chi connectivity index (χ0v) is 16.4. The Hall–Kier alpha value is -3.87. The topological polar surface area (TPSA) is 79.4 Å². The molecule has 2 aromatic carbocycles. The van der Waals surface area contributed by atoms with Gasteiger partial charge in [0.05, 0.1) is 35.1 Å². The van der Waals surface area contributed by atoms with Gasteiger partial charge in [0.25, 0.3) is 11.8 Å². The summed E-state index contributed by atoms with van der Waals surface area (Å²) in [6, 6.07) is 12.9. The number of hydrogen-bond acceptors (Lipinski definition) is 4. The van der Waals surface area contributed by atoms with Crippen LogP contribution in [0.2, 0.25) is 0 Å². The quantitative estimate of drug-likeness (QED) is 0.675. The molecule has 0 bridgehead atoms. The van der Waals surface area contributed by atoms with Crippen molar-refractivity contribution in [2.75, 3.05) is 12.4 Å². The number of halogens is 1. The van der Waals surface area contributed by atoms with E-state index in [4.69, 9.17) is 0 Å². The number of aromatic nitrogens is 1. The Labute approximate surface area is 172 Å². The lowest BCUT2D eigenvalue weighted by Gasteiger charge is -2.10. The Morgan fingerprint density at radius 3 is 2.60 bits per heavy atom. The second-order valence-corrected chi connectivity index (χ2v) is 7.18. The van der Waals surface area contributed by atoms with Crippen LogP contribution in [0.15, 0.2) is 54.7 Å². The van der Waals surface area contributed by atoms with Gasteiger partial charge in [-0.1, -0.05) is 18.2 Å². The van der Waals surface area contributed by atoms with E-state index in [9.17, 15) is 18.8 Å². The standard InChI is InChI=1S/C23H18FN3O3/c1-13-8-15(21-18(9-13)22(29)27(2)23(21)30)11-20(28)26-17-6-7-19(25-12-17)14-4-3-5-16(24)10-14/h3-10,12H,11H2,1-2H3,(H,26,28). The molecule has 3 amide bonds. The number of hydrogen-bond donors (Lipinski definition) is 1. The number of amides is 3. The maximum Gasteiger partial charge on any atom is 0.261 e. The summed E-state index contributed by atoms with van der Waals surface area (Å²) in [5.74, 6) is -1.45. The van der Waals surface area contributed by atoms with Crippen LogP contribution < -0.4 is 5.32 Å². The Kier molecular flexibility index (Phi) is 4.87. The third kappa shape index (κ3) is 3.57. The first-order valence-corrected chi connectivity index (χ1v) is 9.31. The molecule has 1 aliphatic rings. The van der Waals surface area contributed by atoms with Gasteiger partial charge in [-0.15, -0.1) is 0 Å². The molecule has 6 nitrogen and oxygen atoms in total. The fraction of sp³-hybridized carbons (Fsp3) is 0.130. The molecule has 1 N–H and O–H groups in total. The second kappa shape index (κ2) is 7.51. The molecule has 4 rings (SSSR count). The predicted octanol–water partition coefficient (Wildman–Crippen LogP) is 3.60. The number of imide groups is 1. The molecule has 0 radical (unpaired) electrons. The van der Waals surface area contributed by atoms with Crippen molar-refractivity contribution < 1.29 is 18.8 Å². The molecule has 2 heterocycles. The van der Waals surface area contributed by atoms with E-state index in [2.05, 4.69) is 10.3 Å². The third-order valence-corrected chi connectivity index (χ3v) is 4.94. The highest BCUT2D eigenvalue weighted by Crippen LogP contribution is 2.27. The van der Waals surface area contributed by atoms with E-state index < -0.39 is 5.91 Å². The minimum Gasteiger partial charge on any atom is -0.324 e. The maximum atomic E-state index is 13.4. The number of anilines is 1. The van der Waals surface area contributed by atoms with Crippen molar-refractivity contribution in [3.05, 3.63) is 82.8 Å². The monoisotopic (exact) mass is 403 g/mol. The summed E-state index contributed by atoms with van der Waals surface area (Å²) in [5.41, 5.74) is 3.61. The highest BCUT2D eigenvalue weighted by Gasteiger charge is 2.35. The van der Waals surface area contributed by atoms with Crippen molar-refractivity contribution >= 4 is 23.4 Å². The molecule has 0 atom stereocenters. The zero-order valence-electron chi connectivity index (χ0n) is 16.4. The summed E-state index contributed by atoms with van der Waals surface area (Å²) >= 11 is 0. The minimum absolute atomic E-state index is 0.0531. The highest BCUT2D eigenvalue weighted by atomic mass is 19.1. The molecule has 0 spiro atoms. The summed E-state index contributed by atoms with van der Waals surface area (Å²) in [7, 11) is 1.43. The van der Waals surface area contributed by atoms with Crippen molar-refractivity contribution in [1.82, 2.24) is 9.88 Å². The lowest BCUT2D eigenvalue weighted by Crippen LogP contribution is -2.24. The fourth-order valence-corrected chi connectivity index (χ4v) is 3.53. The first kappa shape index (κ1) is 19.4. The molecule has 150 valence electrons. The Bertz CT molecular complexity index is 1190. The Morgan fingerprint density at radius 2 is 1.90 bits per heavy atom. The SMILES string of the molecule is Cc1cc(CC(=O)Nc2ccc(-c3cccc(F)c3)nc2)c2c(c1)C(=O)N(C)C2=O. The summed E-state index contributed by atoms with van der Waals surface area (Å²) in [6.07, 6.45) is 1.43. The van der Waals surface area contributed by atoms with Gasteiger partial charge in [-0.05, 0) is 48.4 Å². The van der Waals surface area contributed by atoms with Crippen LogP contribution in [0, 0.1) is 12.7 Å². The van der Waals surface area contributed by atoms with E-state index >= 15 is 0 Å². The van der Waals surface area contributed by atoms with Crippen LogP contribution in [-0.4, -0.2) is 34.7 Å². The number of nitrogens with zero attached hydrogens (tertiary/aromatic N) is 2. The van der Waals surface area contributed by atoms with Crippen molar-refractivity contribution in [3.63, 3.8) is 0 Å². The molecular formula is C23H18FN3O3. The van der Waals surface area contributed by atoms with E-state index in [0.717, 1.165) is 10.5 Å². The van der Waals surface area contributed by atoms with E-state index in [0.29, 0.717) is 28.1 Å². The van der Waals surface area contributed by atoms with Crippen molar-refractivity contribution in [2.24, 2.45) is 0 Å². The molecule has 0 aliphatic carbocycles. The van der Waals surface area contributed by atoms with Crippen molar-refractivity contribution in [3.8, 4) is 11.3 Å². The van der Waals surface area contributed by atoms with Crippen LogP contribution in [-0.2, 0) is 11.2 Å². The van der Waals surface area contributed by atoms with E-state index in [1.165, 1.54) is 25.4 Å². The Morgan fingerprint density at radius 1 is 1.10 bits per heavy atom.